The van der Waals surface area contributed by atoms with Crippen LogP contribution in [0.2, 0.25) is 0 Å². The highest BCUT2D eigenvalue weighted by molar-refractivity contribution is 6.05. The number of benzene rings is 2. The molecule has 1 saturated heterocycles. The first-order valence-electron chi connectivity index (χ1n) is 14.7. The van der Waals surface area contributed by atoms with Gasteiger partial charge in [-0.1, -0.05) is 26.0 Å². The third-order valence-electron chi connectivity index (χ3n) is 7.26. The van der Waals surface area contributed by atoms with Crippen LogP contribution in [0.3, 0.4) is 0 Å². The lowest BCUT2D eigenvalue weighted by atomic mass is 9.94. The minimum absolute atomic E-state index is 0.0999. The van der Waals surface area contributed by atoms with Crippen LogP contribution in [0, 0.1) is 11.6 Å². The Morgan fingerprint density at radius 1 is 0.977 bits per heavy atom. The van der Waals surface area contributed by atoms with Crippen LogP contribution < -0.4 is 5.73 Å². The summed E-state index contributed by atoms with van der Waals surface area (Å²) in [5, 5.41) is 0. The Morgan fingerprint density at radius 3 is 2.02 bits per heavy atom. The van der Waals surface area contributed by atoms with Crippen LogP contribution in [0.4, 0.5) is 8.78 Å². The largest absolute Gasteiger partial charge is 0.460 e. The lowest BCUT2D eigenvalue weighted by Gasteiger charge is -2.41. The SMILES string of the molecule is CC(C)c1c(C(N)=O)c(-c2ccc(F)cc2)c(-c2ccc(F)cc2)n1CC[C@@H]1C[C@H](CC(=O)OC(C)(C)C)OC(C)(C)O1. The third-order valence-corrected chi connectivity index (χ3v) is 7.26. The van der Waals surface area contributed by atoms with E-state index in [4.69, 9.17) is 19.9 Å². The quantitative estimate of drug-likeness (QED) is 0.261. The van der Waals surface area contributed by atoms with E-state index >= 15 is 0 Å². The first kappa shape index (κ1) is 32.4. The van der Waals surface area contributed by atoms with Gasteiger partial charge in [-0.15, -0.1) is 0 Å². The molecule has 0 bridgehead atoms. The molecule has 0 radical (unpaired) electrons. The van der Waals surface area contributed by atoms with Gasteiger partial charge in [0.2, 0.25) is 0 Å². The standard InChI is InChI=1S/C34H42F2N2O5/c1-20(2)30-29(32(37)40)28(21-8-12-23(35)13-9-21)31(22-10-14-24(36)15-11-22)38(30)17-16-25-18-26(42-34(6,7)41-25)19-27(39)43-33(3,4)5/h8-15,20,25-26H,16-19H2,1-7H3,(H2,37,40)/t25-,26-/m1/s1. The summed E-state index contributed by atoms with van der Waals surface area (Å²) >= 11 is 0. The molecular weight excluding hydrogens is 554 g/mol. The maximum Gasteiger partial charge on any atom is 0.308 e. The Labute approximate surface area is 252 Å². The van der Waals surface area contributed by atoms with Gasteiger partial charge in [-0.2, -0.15) is 0 Å². The Hall–Kier alpha value is -3.56. The molecule has 2 heterocycles. The summed E-state index contributed by atoms with van der Waals surface area (Å²) in [6.45, 7) is 13.5. The Bertz CT molecular complexity index is 1450. The van der Waals surface area contributed by atoms with Gasteiger partial charge in [-0.25, -0.2) is 8.78 Å². The number of nitrogens with two attached hydrogens (primary N) is 1. The van der Waals surface area contributed by atoms with Gasteiger partial charge in [0.15, 0.2) is 5.79 Å². The van der Waals surface area contributed by atoms with Gasteiger partial charge in [0.1, 0.15) is 17.2 Å². The van der Waals surface area contributed by atoms with Gasteiger partial charge in [0.25, 0.3) is 5.91 Å². The van der Waals surface area contributed by atoms with E-state index in [0.717, 1.165) is 5.69 Å². The molecule has 0 saturated carbocycles. The van der Waals surface area contributed by atoms with Crippen molar-refractivity contribution in [2.75, 3.05) is 0 Å². The number of hydrogen-bond acceptors (Lipinski definition) is 5. The van der Waals surface area contributed by atoms with Crippen molar-refractivity contribution in [1.82, 2.24) is 4.57 Å². The van der Waals surface area contributed by atoms with E-state index in [1.54, 1.807) is 24.3 Å². The predicted molar refractivity (Wildman–Crippen MR) is 161 cm³/mol. The number of carbonyl (C=O) groups is 2. The molecule has 2 aromatic carbocycles. The summed E-state index contributed by atoms with van der Waals surface area (Å²) in [4.78, 5) is 25.7. The molecule has 1 amide bonds. The molecule has 0 unspecified atom stereocenters. The van der Waals surface area contributed by atoms with Gasteiger partial charge in [-0.3, -0.25) is 9.59 Å². The molecule has 9 heteroatoms. The van der Waals surface area contributed by atoms with Crippen LogP contribution in [0.15, 0.2) is 48.5 Å². The van der Waals surface area contributed by atoms with E-state index in [2.05, 4.69) is 0 Å². The highest BCUT2D eigenvalue weighted by Gasteiger charge is 2.38. The van der Waals surface area contributed by atoms with Crippen molar-refractivity contribution in [2.45, 2.75) is 104 Å². The van der Waals surface area contributed by atoms with Crippen molar-refractivity contribution in [2.24, 2.45) is 5.73 Å². The van der Waals surface area contributed by atoms with Gasteiger partial charge in [0.05, 0.1) is 29.9 Å². The molecule has 7 nitrogen and oxygen atoms in total. The normalized spacial score (nSPS) is 18.6. The minimum Gasteiger partial charge on any atom is -0.460 e. The molecule has 0 spiro atoms. The molecule has 1 aromatic heterocycles. The van der Waals surface area contributed by atoms with Crippen LogP contribution in [0.5, 0.6) is 0 Å². The number of aromatic nitrogens is 1. The van der Waals surface area contributed by atoms with Crippen LogP contribution in [-0.4, -0.2) is 40.0 Å². The predicted octanol–water partition coefficient (Wildman–Crippen LogP) is 7.35. The molecule has 232 valence electrons. The first-order chi connectivity index (χ1) is 20.0. The van der Waals surface area contributed by atoms with Crippen LogP contribution in [0.1, 0.15) is 89.7 Å². The summed E-state index contributed by atoms with van der Waals surface area (Å²) in [7, 11) is 0. The van der Waals surface area contributed by atoms with Crippen LogP contribution in [0.25, 0.3) is 22.4 Å². The van der Waals surface area contributed by atoms with E-state index in [9.17, 15) is 18.4 Å². The van der Waals surface area contributed by atoms with Crippen LogP contribution in [-0.2, 0) is 25.5 Å². The Kier molecular flexibility index (Phi) is 9.47. The average Bonchev–Trinajstić information content (AvgIpc) is 3.22. The van der Waals surface area contributed by atoms with E-state index in [1.807, 2.05) is 53.0 Å². The molecular formula is C34H42F2N2O5. The Balaban J connectivity index is 1.76. The van der Waals surface area contributed by atoms with E-state index in [1.165, 1.54) is 24.3 Å². The number of ether oxygens (including phenoxy) is 3. The van der Waals surface area contributed by atoms with Crippen molar-refractivity contribution in [3.8, 4) is 22.4 Å². The lowest BCUT2D eigenvalue weighted by Crippen LogP contribution is -2.46. The monoisotopic (exact) mass is 596 g/mol. The molecule has 43 heavy (non-hydrogen) atoms. The number of nitrogens with zero attached hydrogens (tertiary/aromatic N) is 1. The second-order valence-corrected chi connectivity index (χ2v) is 12.9. The fourth-order valence-corrected chi connectivity index (χ4v) is 5.89. The minimum atomic E-state index is -0.926. The second-order valence-electron chi connectivity index (χ2n) is 12.9. The maximum atomic E-state index is 14.0. The number of halogens is 2. The zero-order valence-corrected chi connectivity index (χ0v) is 26.0. The molecule has 4 rings (SSSR count). The summed E-state index contributed by atoms with van der Waals surface area (Å²) in [5.41, 5.74) is 9.04. The average molecular weight is 597 g/mol. The van der Waals surface area contributed by atoms with E-state index in [-0.39, 0.29) is 24.4 Å². The smallest absolute Gasteiger partial charge is 0.308 e. The van der Waals surface area contributed by atoms with Crippen molar-refractivity contribution < 1.29 is 32.6 Å². The zero-order chi connectivity index (χ0) is 31.7. The fraction of sp³-hybridized carbons (Fsp3) is 0.471. The fourth-order valence-electron chi connectivity index (χ4n) is 5.89. The molecule has 1 fully saturated rings. The van der Waals surface area contributed by atoms with Crippen molar-refractivity contribution >= 4 is 11.9 Å². The van der Waals surface area contributed by atoms with Gasteiger partial charge < -0.3 is 24.5 Å². The van der Waals surface area contributed by atoms with Gasteiger partial charge >= 0.3 is 5.97 Å². The molecule has 0 aliphatic carbocycles. The van der Waals surface area contributed by atoms with Crippen LogP contribution >= 0.6 is 0 Å². The van der Waals surface area contributed by atoms with E-state index < -0.39 is 35.0 Å². The number of rotatable bonds is 9. The number of esters is 1. The molecule has 1 aliphatic heterocycles. The maximum absolute atomic E-state index is 14.0. The van der Waals surface area contributed by atoms with Crippen molar-refractivity contribution in [1.29, 1.82) is 0 Å². The molecule has 2 atom stereocenters. The summed E-state index contributed by atoms with van der Waals surface area (Å²) < 4.78 is 47.9. The highest BCUT2D eigenvalue weighted by atomic mass is 19.1. The van der Waals surface area contributed by atoms with Crippen molar-refractivity contribution in [3.05, 3.63) is 71.4 Å². The molecule has 1 aliphatic rings. The van der Waals surface area contributed by atoms with Gasteiger partial charge in [0, 0.05) is 24.2 Å². The summed E-state index contributed by atoms with van der Waals surface area (Å²) in [6, 6.07) is 12.0. The molecule has 3 aromatic rings. The zero-order valence-electron chi connectivity index (χ0n) is 26.0. The topological polar surface area (TPSA) is 92.8 Å². The van der Waals surface area contributed by atoms with Crippen molar-refractivity contribution in [3.63, 3.8) is 0 Å². The third kappa shape index (κ3) is 7.89. The lowest BCUT2D eigenvalue weighted by molar-refractivity contribution is -0.301. The summed E-state index contributed by atoms with van der Waals surface area (Å²) in [6.07, 6.45) is 0.431. The summed E-state index contributed by atoms with van der Waals surface area (Å²) in [5.74, 6) is -2.77. The second kappa shape index (κ2) is 12.6. The number of hydrogen-bond donors (Lipinski definition) is 1. The number of primary amides is 1. The molecule has 2 N–H and O–H groups in total. The number of carbonyl (C=O) groups excluding carboxylic acids is 2. The first-order valence-corrected chi connectivity index (χ1v) is 14.7. The number of amides is 1. The van der Waals surface area contributed by atoms with E-state index in [0.29, 0.717) is 47.3 Å². The highest BCUT2D eigenvalue weighted by Crippen LogP contribution is 2.42. The Morgan fingerprint density at radius 2 is 1.51 bits per heavy atom. The van der Waals surface area contributed by atoms with Gasteiger partial charge in [-0.05, 0) is 94.5 Å².